The van der Waals surface area contributed by atoms with Gasteiger partial charge in [-0.2, -0.15) is 0 Å². The fraction of sp³-hybridized carbons (Fsp3) is 0.778. The molecule has 2 atom stereocenters. The molecule has 1 aliphatic heterocycles. The van der Waals surface area contributed by atoms with Gasteiger partial charge in [0.25, 0.3) is 0 Å². The molecule has 1 saturated heterocycles. The van der Waals surface area contributed by atoms with Gasteiger partial charge in [-0.1, -0.05) is 0 Å². The summed E-state index contributed by atoms with van der Waals surface area (Å²) in [7, 11) is 1.51. The van der Waals surface area contributed by atoms with E-state index in [4.69, 9.17) is 9.84 Å². The Kier molecular flexibility index (Phi) is 3.88. The fourth-order valence-electron chi connectivity index (χ4n) is 1.63. The second-order valence-electron chi connectivity index (χ2n) is 3.45. The number of carbonyl (C=O) groups excluding carboxylic acids is 1. The zero-order valence-electron chi connectivity index (χ0n) is 8.16. The average molecular weight is 201 g/mol. The van der Waals surface area contributed by atoms with Gasteiger partial charge in [-0.3, -0.25) is 9.59 Å². The molecule has 2 N–H and O–H groups in total. The maximum absolute atomic E-state index is 11.1. The molecule has 0 bridgehead atoms. The normalized spacial score (nSPS) is 23.1. The number of hydrogen-bond acceptors (Lipinski definition) is 3. The summed E-state index contributed by atoms with van der Waals surface area (Å²) in [6, 6.07) is 0. The van der Waals surface area contributed by atoms with Crippen molar-refractivity contribution in [3.8, 4) is 0 Å². The van der Waals surface area contributed by atoms with Gasteiger partial charge in [0, 0.05) is 20.1 Å². The minimum absolute atomic E-state index is 0.0233. The lowest BCUT2D eigenvalue weighted by atomic mass is 9.89. The second-order valence-corrected chi connectivity index (χ2v) is 3.45. The van der Waals surface area contributed by atoms with Gasteiger partial charge in [0.2, 0.25) is 5.91 Å². The van der Waals surface area contributed by atoms with E-state index in [9.17, 15) is 9.59 Å². The molecular formula is C9H15NO4. The van der Waals surface area contributed by atoms with Crippen molar-refractivity contribution in [2.75, 3.05) is 20.3 Å². The molecule has 5 heteroatoms. The van der Waals surface area contributed by atoms with Crippen molar-refractivity contribution < 1.29 is 19.4 Å². The first-order valence-corrected chi connectivity index (χ1v) is 4.66. The quantitative estimate of drug-likeness (QED) is 0.663. The van der Waals surface area contributed by atoms with E-state index in [0.29, 0.717) is 13.2 Å². The van der Waals surface area contributed by atoms with Crippen molar-refractivity contribution in [3.05, 3.63) is 0 Å². The molecule has 0 aromatic carbocycles. The molecule has 1 rings (SSSR count). The third-order valence-corrected chi connectivity index (χ3v) is 2.54. The smallest absolute Gasteiger partial charge is 0.307 e. The van der Waals surface area contributed by atoms with Crippen LogP contribution in [0.25, 0.3) is 0 Å². The highest BCUT2D eigenvalue weighted by molar-refractivity contribution is 5.82. The monoisotopic (exact) mass is 201 g/mol. The lowest BCUT2D eigenvalue weighted by molar-refractivity contribution is -0.146. The molecule has 5 nitrogen and oxygen atoms in total. The van der Waals surface area contributed by atoms with Gasteiger partial charge in [-0.15, -0.1) is 0 Å². The third-order valence-electron chi connectivity index (χ3n) is 2.54. The molecule has 1 aliphatic rings. The van der Waals surface area contributed by atoms with Crippen LogP contribution in [0.5, 0.6) is 0 Å². The Morgan fingerprint density at radius 1 is 1.64 bits per heavy atom. The molecular weight excluding hydrogens is 186 g/mol. The first kappa shape index (κ1) is 11.0. The van der Waals surface area contributed by atoms with Gasteiger partial charge in [0.1, 0.15) is 0 Å². The van der Waals surface area contributed by atoms with Gasteiger partial charge in [-0.25, -0.2) is 0 Å². The Morgan fingerprint density at radius 2 is 2.36 bits per heavy atom. The van der Waals surface area contributed by atoms with Gasteiger partial charge >= 0.3 is 5.97 Å². The van der Waals surface area contributed by atoms with E-state index < -0.39 is 11.9 Å². The minimum atomic E-state index is -0.913. The first-order chi connectivity index (χ1) is 6.65. The van der Waals surface area contributed by atoms with Crippen LogP contribution in [0.15, 0.2) is 0 Å². The summed E-state index contributed by atoms with van der Waals surface area (Å²) in [5, 5.41) is 11.4. The van der Waals surface area contributed by atoms with Gasteiger partial charge in [-0.05, 0) is 12.3 Å². The SMILES string of the molecule is CNC(=O)CC(C(=O)O)C1CCOC1. The molecule has 0 aliphatic carbocycles. The summed E-state index contributed by atoms with van der Waals surface area (Å²) in [6.07, 6.45) is 0.772. The lowest BCUT2D eigenvalue weighted by Gasteiger charge is -2.16. The van der Waals surface area contributed by atoms with Crippen LogP contribution in [-0.4, -0.2) is 37.2 Å². The van der Waals surface area contributed by atoms with Crippen LogP contribution in [0.1, 0.15) is 12.8 Å². The average Bonchev–Trinajstić information content (AvgIpc) is 2.65. The predicted molar refractivity (Wildman–Crippen MR) is 48.7 cm³/mol. The molecule has 0 aromatic heterocycles. The minimum Gasteiger partial charge on any atom is -0.481 e. The summed E-state index contributed by atoms with van der Waals surface area (Å²) < 4.78 is 5.11. The Labute approximate surface area is 82.4 Å². The van der Waals surface area contributed by atoms with Crippen LogP contribution < -0.4 is 5.32 Å². The predicted octanol–water partition coefficient (Wildman–Crippen LogP) is -0.140. The van der Waals surface area contributed by atoms with E-state index in [0.717, 1.165) is 6.42 Å². The van der Waals surface area contributed by atoms with Crippen LogP contribution in [0, 0.1) is 11.8 Å². The van der Waals surface area contributed by atoms with Crippen molar-refractivity contribution in [1.82, 2.24) is 5.32 Å². The van der Waals surface area contributed by atoms with Crippen LogP contribution in [-0.2, 0) is 14.3 Å². The van der Waals surface area contributed by atoms with Crippen LogP contribution >= 0.6 is 0 Å². The topological polar surface area (TPSA) is 75.6 Å². The van der Waals surface area contributed by atoms with Gasteiger partial charge < -0.3 is 15.2 Å². The summed E-state index contributed by atoms with van der Waals surface area (Å²) in [6.45, 7) is 1.05. The van der Waals surface area contributed by atoms with Crippen molar-refractivity contribution in [2.45, 2.75) is 12.8 Å². The third kappa shape index (κ3) is 2.70. The molecule has 14 heavy (non-hydrogen) atoms. The molecule has 1 heterocycles. The molecule has 0 spiro atoms. The van der Waals surface area contributed by atoms with Crippen LogP contribution in [0.4, 0.5) is 0 Å². The van der Waals surface area contributed by atoms with E-state index in [1.807, 2.05) is 0 Å². The largest absolute Gasteiger partial charge is 0.481 e. The molecule has 0 saturated carbocycles. The standard InChI is InChI=1S/C9H15NO4/c1-10-8(11)4-7(9(12)13)6-2-3-14-5-6/h6-7H,2-5H2,1H3,(H,10,11)(H,12,13). The Balaban J connectivity index is 2.54. The number of nitrogens with one attached hydrogen (secondary N) is 1. The Morgan fingerprint density at radius 3 is 2.79 bits per heavy atom. The number of carboxylic acids is 1. The van der Waals surface area contributed by atoms with Crippen LogP contribution in [0.2, 0.25) is 0 Å². The highest BCUT2D eigenvalue weighted by atomic mass is 16.5. The summed E-state index contributed by atoms with van der Waals surface area (Å²) in [5.41, 5.74) is 0. The molecule has 0 radical (unpaired) electrons. The molecule has 80 valence electrons. The number of carbonyl (C=O) groups is 2. The Bertz CT molecular complexity index is 223. The number of carboxylic acid groups (broad SMARTS) is 1. The van der Waals surface area contributed by atoms with E-state index in [1.54, 1.807) is 0 Å². The summed E-state index contributed by atoms with van der Waals surface area (Å²) in [5.74, 6) is -1.78. The van der Waals surface area contributed by atoms with Crippen molar-refractivity contribution in [3.63, 3.8) is 0 Å². The maximum Gasteiger partial charge on any atom is 0.307 e. The molecule has 1 fully saturated rings. The highest BCUT2D eigenvalue weighted by Crippen LogP contribution is 2.24. The zero-order chi connectivity index (χ0) is 10.6. The molecule has 2 unspecified atom stereocenters. The zero-order valence-corrected chi connectivity index (χ0v) is 8.16. The number of amides is 1. The highest BCUT2D eigenvalue weighted by Gasteiger charge is 2.32. The van der Waals surface area contributed by atoms with Crippen molar-refractivity contribution in [2.24, 2.45) is 11.8 Å². The van der Waals surface area contributed by atoms with E-state index >= 15 is 0 Å². The molecule has 0 aromatic rings. The fourth-order valence-corrected chi connectivity index (χ4v) is 1.63. The summed E-state index contributed by atoms with van der Waals surface area (Å²) in [4.78, 5) is 22.0. The molecule has 1 amide bonds. The number of hydrogen-bond donors (Lipinski definition) is 2. The lowest BCUT2D eigenvalue weighted by Crippen LogP contribution is -2.30. The number of aliphatic carboxylic acids is 1. The van der Waals surface area contributed by atoms with Crippen molar-refractivity contribution >= 4 is 11.9 Å². The van der Waals surface area contributed by atoms with E-state index in [2.05, 4.69) is 5.32 Å². The van der Waals surface area contributed by atoms with Crippen molar-refractivity contribution in [1.29, 1.82) is 0 Å². The second kappa shape index (κ2) is 4.95. The number of ether oxygens (including phenoxy) is 1. The van der Waals surface area contributed by atoms with Crippen LogP contribution in [0.3, 0.4) is 0 Å². The van der Waals surface area contributed by atoms with E-state index in [-0.39, 0.29) is 18.2 Å². The van der Waals surface area contributed by atoms with E-state index in [1.165, 1.54) is 7.05 Å². The Hall–Kier alpha value is -1.10. The first-order valence-electron chi connectivity index (χ1n) is 4.66. The van der Waals surface area contributed by atoms with Gasteiger partial charge in [0.05, 0.1) is 12.5 Å². The number of rotatable bonds is 4. The summed E-state index contributed by atoms with van der Waals surface area (Å²) >= 11 is 0. The van der Waals surface area contributed by atoms with Gasteiger partial charge in [0.15, 0.2) is 0 Å². The maximum atomic E-state index is 11.1.